The van der Waals surface area contributed by atoms with Crippen LogP contribution in [-0.4, -0.2) is 10.2 Å². The quantitative estimate of drug-likeness (QED) is 0.829. The Bertz CT molecular complexity index is 673. The molecule has 3 nitrogen and oxygen atoms in total. The van der Waals surface area contributed by atoms with Gasteiger partial charge >= 0.3 is 0 Å². The fraction of sp³-hybridized carbons (Fsp3) is 0.294. The highest BCUT2D eigenvalue weighted by Gasteiger charge is 2.28. The first-order valence-electron chi connectivity index (χ1n) is 6.90. The Hall–Kier alpha value is -1.71. The van der Waals surface area contributed by atoms with E-state index in [4.69, 9.17) is 16.3 Å². The number of hydrogen-bond acceptors (Lipinski definition) is 3. The topological polar surface area (TPSA) is 49.7 Å². The van der Waals surface area contributed by atoms with Gasteiger partial charge < -0.3 is 14.9 Å². The number of phenols is 1. The lowest BCUT2D eigenvalue weighted by Crippen LogP contribution is -2.19. The minimum absolute atomic E-state index is 0.230. The zero-order valence-corrected chi connectivity index (χ0v) is 12.7. The van der Waals surface area contributed by atoms with Gasteiger partial charge in [0.2, 0.25) is 0 Å². The first kappa shape index (κ1) is 14.2. The minimum atomic E-state index is -0.605. The third-order valence-corrected chi connectivity index (χ3v) is 4.16. The number of aliphatic hydroxyl groups is 1. The Kier molecular flexibility index (Phi) is 3.56. The van der Waals surface area contributed by atoms with Gasteiger partial charge in [-0.15, -0.1) is 0 Å². The molecule has 2 aromatic carbocycles. The minimum Gasteiger partial charge on any atom is -0.507 e. The molecule has 1 aliphatic rings. The molecule has 1 aliphatic heterocycles. The van der Waals surface area contributed by atoms with Crippen molar-refractivity contribution >= 4 is 11.6 Å². The molecule has 110 valence electrons. The van der Waals surface area contributed by atoms with Crippen LogP contribution in [0.25, 0.3) is 0 Å². The summed E-state index contributed by atoms with van der Waals surface area (Å²) in [6, 6.07) is 9.09. The lowest BCUT2D eigenvalue weighted by molar-refractivity contribution is 0.0657. The maximum atomic E-state index is 10.3. The summed E-state index contributed by atoms with van der Waals surface area (Å²) in [7, 11) is 0. The van der Waals surface area contributed by atoms with Gasteiger partial charge in [-0.2, -0.15) is 0 Å². The van der Waals surface area contributed by atoms with Crippen LogP contribution in [0.3, 0.4) is 0 Å². The summed E-state index contributed by atoms with van der Waals surface area (Å²) in [5.74, 6) is 0.967. The molecule has 0 radical (unpaired) electrons. The van der Waals surface area contributed by atoms with Gasteiger partial charge in [0.05, 0.1) is 6.10 Å². The molecular formula is C17H17ClO3. The van der Waals surface area contributed by atoms with Crippen molar-refractivity contribution in [1.82, 2.24) is 0 Å². The normalized spacial score (nSPS) is 20.8. The van der Waals surface area contributed by atoms with Gasteiger partial charge in [-0.3, -0.25) is 0 Å². The molecule has 0 aromatic heterocycles. The van der Waals surface area contributed by atoms with Crippen molar-refractivity contribution in [1.29, 1.82) is 0 Å². The van der Waals surface area contributed by atoms with Gasteiger partial charge in [0, 0.05) is 17.0 Å². The number of aromatic hydroxyl groups is 1. The van der Waals surface area contributed by atoms with Gasteiger partial charge in [0.15, 0.2) is 0 Å². The third kappa shape index (κ3) is 2.59. The summed E-state index contributed by atoms with van der Waals surface area (Å²) in [4.78, 5) is 0. The van der Waals surface area contributed by atoms with Crippen molar-refractivity contribution in [3.8, 4) is 11.5 Å². The molecule has 3 rings (SSSR count). The van der Waals surface area contributed by atoms with Crippen LogP contribution in [-0.2, 0) is 0 Å². The predicted octanol–water partition coefficient (Wildman–Crippen LogP) is 4.22. The van der Waals surface area contributed by atoms with Gasteiger partial charge in [0.25, 0.3) is 0 Å². The average molecular weight is 305 g/mol. The largest absolute Gasteiger partial charge is 0.507 e. The van der Waals surface area contributed by atoms with Gasteiger partial charge in [-0.05, 0) is 60.9 Å². The second kappa shape index (κ2) is 5.24. The fourth-order valence-corrected chi connectivity index (χ4v) is 2.98. The van der Waals surface area contributed by atoms with Crippen molar-refractivity contribution in [2.45, 2.75) is 32.5 Å². The van der Waals surface area contributed by atoms with E-state index in [9.17, 15) is 10.2 Å². The number of fused-ring (bicyclic) bond motifs is 1. The number of rotatable bonds is 1. The van der Waals surface area contributed by atoms with E-state index in [-0.39, 0.29) is 6.10 Å². The molecule has 0 saturated heterocycles. The predicted molar refractivity (Wildman–Crippen MR) is 82.0 cm³/mol. The molecule has 2 unspecified atom stereocenters. The van der Waals surface area contributed by atoms with Crippen LogP contribution in [0.5, 0.6) is 11.5 Å². The van der Waals surface area contributed by atoms with Crippen molar-refractivity contribution in [2.75, 3.05) is 0 Å². The molecule has 0 spiro atoms. The molecular weight excluding hydrogens is 288 g/mol. The Morgan fingerprint density at radius 1 is 1.14 bits per heavy atom. The second-order valence-corrected chi connectivity index (χ2v) is 5.98. The molecule has 2 aromatic rings. The summed E-state index contributed by atoms with van der Waals surface area (Å²) in [6.45, 7) is 3.72. The summed E-state index contributed by atoms with van der Waals surface area (Å²) < 4.78 is 5.99. The van der Waals surface area contributed by atoms with Gasteiger partial charge in [0.1, 0.15) is 17.6 Å². The van der Waals surface area contributed by atoms with Crippen LogP contribution in [0, 0.1) is 13.8 Å². The number of hydrogen-bond donors (Lipinski definition) is 2. The molecule has 0 saturated carbocycles. The van der Waals surface area contributed by atoms with Crippen molar-refractivity contribution < 1.29 is 14.9 Å². The molecule has 2 N–H and O–H groups in total. The molecule has 0 fully saturated rings. The highest BCUT2D eigenvalue weighted by Crippen LogP contribution is 2.42. The second-order valence-electron chi connectivity index (χ2n) is 5.54. The Labute approximate surface area is 128 Å². The van der Waals surface area contributed by atoms with E-state index in [2.05, 4.69) is 0 Å². The van der Waals surface area contributed by atoms with Gasteiger partial charge in [-0.1, -0.05) is 11.6 Å². The van der Waals surface area contributed by atoms with Crippen molar-refractivity contribution in [3.05, 3.63) is 57.6 Å². The van der Waals surface area contributed by atoms with E-state index in [0.29, 0.717) is 22.9 Å². The molecule has 21 heavy (non-hydrogen) atoms. The zero-order valence-electron chi connectivity index (χ0n) is 11.9. The van der Waals surface area contributed by atoms with Crippen LogP contribution in [0.2, 0.25) is 5.02 Å². The smallest absolute Gasteiger partial charge is 0.127 e. The number of aliphatic hydroxyl groups excluding tert-OH is 1. The van der Waals surface area contributed by atoms with Crippen LogP contribution in [0.1, 0.15) is 40.9 Å². The average Bonchev–Trinajstić information content (AvgIpc) is 2.44. The molecule has 0 amide bonds. The highest BCUT2D eigenvalue weighted by atomic mass is 35.5. The van der Waals surface area contributed by atoms with Crippen molar-refractivity contribution in [3.63, 3.8) is 0 Å². The van der Waals surface area contributed by atoms with Crippen LogP contribution < -0.4 is 4.74 Å². The first-order chi connectivity index (χ1) is 9.95. The van der Waals surface area contributed by atoms with Gasteiger partial charge in [-0.25, -0.2) is 0 Å². The molecule has 0 aliphatic carbocycles. The number of halogens is 1. The maximum absolute atomic E-state index is 10.3. The fourth-order valence-electron chi connectivity index (χ4n) is 2.80. The Morgan fingerprint density at radius 3 is 2.48 bits per heavy atom. The van der Waals surface area contributed by atoms with Crippen molar-refractivity contribution in [2.24, 2.45) is 0 Å². The first-order valence-corrected chi connectivity index (χ1v) is 7.28. The third-order valence-electron chi connectivity index (χ3n) is 3.92. The van der Waals surface area contributed by atoms with E-state index in [0.717, 1.165) is 22.3 Å². The maximum Gasteiger partial charge on any atom is 0.127 e. The summed E-state index contributed by atoms with van der Waals surface area (Å²) in [6.07, 6.45) is -0.365. The van der Waals surface area contributed by atoms with E-state index in [1.807, 2.05) is 26.0 Å². The Morgan fingerprint density at radius 2 is 1.81 bits per heavy atom. The van der Waals surface area contributed by atoms with Crippen LogP contribution in [0.4, 0.5) is 0 Å². The van der Waals surface area contributed by atoms with E-state index >= 15 is 0 Å². The SMILES string of the molecule is Cc1cc(C2CC(O)c3cc(Cl)ccc3O2)cc(C)c1O. The highest BCUT2D eigenvalue weighted by molar-refractivity contribution is 6.30. The number of benzene rings is 2. The van der Waals surface area contributed by atoms with E-state index in [1.54, 1.807) is 18.2 Å². The van der Waals surface area contributed by atoms with E-state index < -0.39 is 6.10 Å². The zero-order chi connectivity index (χ0) is 15.1. The molecule has 4 heteroatoms. The van der Waals surface area contributed by atoms with Crippen LogP contribution >= 0.6 is 11.6 Å². The Balaban J connectivity index is 1.98. The number of ether oxygens (including phenoxy) is 1. The monoisotopic (exact) mass is 304 g/mol. The molecule has 2 atom stereocenters. The number of phenolic OH excluding ortho intramolecular Hbond substituents is 1. The standard InChI is InChI=1S/C17H17ClO3/c1-9-5-11(6-10(2)17(9)20)16-8-14(19)13-7-12(18)3-4-15(13)21-16/h3-7,14,16,19-20H,8H2,1-2H3. The van der Waals surface area contributed by atoms with E-state index in [1.165, 1.54) is 0 Å². The molecule has 1 heterocycles. The summed E-state index contributed by atoms with van der Waals surface area (Å²) in [5, 5.41) is 20.8. The lowest BCUT2D eigenvalue weighted by Gasteiger charge is -2.30. The summed E-state index contributed by atoms with van der Waals surface area (Å²) in [5.41, 5.74) is 3.31. The van der Waals surface area contributed by atoms with Crippen LogP contribution in [0.15, 0.2) is 30.3 Å². The number of aryl methyl sites for hydroxylation is 2. The summed E-state index contributed by atoms with van der Waals surface area (Å²) >= 11 is 5.96. The molecule has 0 bridgehead atoms. The lowest BCUT2D eigenvalue weighted by atomic mass is 9.93.